The first-order chi connectivity index (χ1) is 9.18. The van der Waals surface area contributed by atoms with Crippen LogP contribution in [0.25, 0.3) is 0 Å². The van der Waals surface area contributed by atoms with Gasteiger partial charge in [0.25, 0.3) is 0 Å². The fourth-order valence-corrected chi connectivity index (χ4v) is 1.53. The van der Waals surface area contributed by atoms with Gasteiger partial charge in [0.2, 0.25) is 0 Å². The molecule has 1 aromatic rings. The molecular weight excluding hydrogens is 302 g/mol. The minimum atomic E-state index is 0.143. The van der Waals surface area contributed by atoms with E-state index in [1.54, 1.807) is 6.07 Å². The molecule has 0 saturated heterocycles. The van der Waals surface area contributed by atoms with Crippen molar-refractivity contribution in [2.75, 3.05) is 0 Å². The molecule has 1 aromatic carbocycles. The van der Waals surface area contributed by atoms with Crippen LogP contribution in [0, 0.1) is 11.3 Å². The third-order valence-corrected chi connectivity index (χ3v) is 2.54. The lowest BCUT2D eigenvalue weighted by atomic mass is 10.1. The van der Waals surface area contributed by atoms with Crippen LogP contribution in [0.2, 0.25) is 0 Å². The van der Waals surface area contributed by atoms with Gasteiger partial charge in [0, 0.05) is 13.3 Å². The fourth-order valence-electron chi connectivity index (χ4n) is 1.25. The Bertz CT molecular complexity index is 293. The summed E-state index contributed by atoms with van der Waals surface area (Å²) in [4.78, 5) is 10.4. The number of nitriles is 1. The van der Waals surface area contributed by atoms with Crippen LogP contribution in [-0.2, 0) is 4.79 Å². The Morgan fingerprint density at radius 1 is 1.00 bits per heavy atom. The van der Waals surface area contributed by atoms with Gasteiger partial charge in [-0.3, -0.25) is 4.79 Å². The molecule has 19 heavy (non-hydrogen) atoms. The van der Waals surface area contributed by atoms with Crippen molar-refractivity contribution in [3.05, 3.63) is 36.4 Å². The molecule has 0 aliphatic carbocycles. The largest absolute Gasteiger partial charge is 0.287 e. The van der Waals surface area contributed by atoms with Gasteiger partial charge in [-0.05, 0) is 22.4 Å². The smallest absolute Gasteiger partial charge is 0.197 e. The summed E-state index contributed by atoms with van der Waals surface area (Å²) in [7, 11) is 0. The van der Waals surface area contributed by atoms with Crippen molar-refractivity contribution < 1.29 is 4.79 Å². The first-order valence-corrected chi connectivity index (χ1v) is 7.47. The summed E-state index contributed by atoms with van der Waals surface area (Å²) in [5.41, 5.74) is 0. The fraction of sp³-hybridized carbons (Fsp3) is 0.500. The van der Waals surface area contributed by atoms with Gasteiger partial charge >= 0.3 is 0 Å². The van der Waals surface area contributed by atoms with E-state index in [9.17, 15) is 4.79 Å². The van der Waals surface area contributed by atoms with Crippen molar-refractivity contribution in [3.63, 3.8) is 0 Å². The summed E-state index contributed by atoms with van der Waals surface area (Å²) in [6.07, 6.45) is 6.79. The molecule has 1 rings (SSSR count). The summed E-state index contributed by atoms with van der Waals surface area (Å²) in [5, 5.41) is 7.32. The molecule has 0 amide bonds. The molecule has 0 saturated carbocycles. The van der Waals surface area contributed by atoms with Gasteiger partial charge in [-0.2, -0.15) is 5.26 Å². The standard InChI is InChI=1S/C8H15BrO.C6H6.C2H3N/c1-2-3-4-5-6-7-8(9)10;1-2-4-6-5-3-1;1-2-3/h2-7H2,1H3;1-6H;1H3. The molecule has 0 aromatic heterocycles. The molecule has 0 aliphatic rings. The minimum absolute atomic E-state index is 0.143. The maximum atomic E-state index is 10.4. The second-order valence-corrected chi connectivity index (χ2v) is 4.78. The molecule has 0 spiro atoms. The maximum Gasteiger partial charge on any atom is 0.197 e. The van der Waals surface area contributed by atoms with Gasteiger partial charge < -0.3 is 0 Å². The summed E-state index contributed by atoms with van der Waals surface area (Å²) >= 11 is 2.90. The van der Waals surface area contributed by atoms with Gasteiger partial charge in [0.15, 0.2) is 4.69 Å². The number of nitrogens with zero attached hydrogens (tertiary/aromatic N) is 1. The Morgan fingerprint density at radius 2 is 1.37 bits per heavy atom. The molecule has 0 unspecified atom stereocenters. The summed E-state index contributed by atoms with van der Waals surface area (Å²) in [6, 6.07) is 13.8. The van der Waals surface area contributed by atoms with E-state index in [0.29, 0.717) is 6.42 Å². The summed E-state index contributed by atoms with van der Waals surface area (Å²) in [6.45, 7) is 3.62. The van der Waals surface area contributed by atoms with Crippen LogP contribution >= 0.6 is 15.9 Å². The third kappa shape index (κ3) is 26.5. The molecule has 0 atom stereocenters. The molecule has 0 heterocycles. The summed E-state index contributed by atoms with van der Waals surface area (Å²) in [5.74, 6) is 0. The molecule has 2 nitrogen and oxygen atoms in total. The Balaban J connectivity index is 0. The highest BCUT2D eigenvalue weighted by atomic mass is 79.9. The molecule has 0 fully saturated rings. The van der Waals surface area contributed by atoms with E-state index >= 15 is 0 Å². The lowest BCUT2D eigenvalue weighted by molar-refractivity contribution is -0.110. The van der Waals surface area contributed by atoms with E-state index in [4.69, 9.17) is 5.26 Å². The van der Waals surface area contributed by atoms with Crippen LogP contribution in [0.1, 0.15) is 52.4 Å². The molecule has 106 valence electrons. The SMILES string of the molecule is CC#N.CCCCCCCC(=O)Br.c1ccccc1. The number of hydrogen-bond donors (Lipinski definition) is 0. The Hall–Kier alpha value is -1.14. The van der Waals surface area contributed by atoms with Crippen molar-refractivity contribution in [2.24, 2.45) is 0 Å². The predicted molar refractivity (Wildman–Crippen MR) is 85.0 cm³/mol. The molecule has 0 radical (unpaired) electrons. The Kier molecular flexibility index (Phi) is 20.4. The van der Waals surface area contributed by atoms with Crippen LogP contribution in [0.15, 0.2) is 36.4 Å². The van der Waals surface area contributed by atoms with Crippen molar-refractivity contribution in [3.8, 4) is 6.07 Å². The number of halogens is 1. The third-order valence-electron chi connectivity index (χ3n) is 2.14. The van der Waals surface area contributed by atoms with Gasteiger partial charge in [-0.15, -0.1) is 0 Å². The first kappa shape index (κ1) is 20.2. The van der Waals surface area contributed by atoms with Gasteiger partial charge in [-0.25, -0.2) is 0 Å². The van der Waals surface area contributed by atoms with Crippen LogP contribution < -0.4 is 0 Å². The number of rotatable bonds is 6. The second-order valence-electron chi connectivity index (χ2n) is 3.90. The van der Waals surface area contributed by atoms with E-state index in [1.807, 2.05) is 36.4 Å². The molecule has 0 bridgehead atoms. The Labute approximate surface area is 126 Å². The van der Waals surface area contributed by atoms with E-state index in [1.165, 1.54) is 32.6 Å². The average Bonchev–Trinajstić information content (AvgIpc) is 2.42. The van der Waals surface area contributed by atoms with Gasteiger partial charge in [0.05, 0.1) is 6.07 Å². The first-order valence-electron chi connectivity index (χ1n) is 6.68. The monoisotopic (exact) mass is 325 g/mol. The van der Waals surface area contributed by atoms with Crippen LogP contribution in [0.5, 0.6) is 0 Å². The zero-order valence-electron chi connectivity index (χ0n) is 11.9. The molecule has 3 heteroatoms. The number of carbonyl (C=O) groups is 1. The van der Waals surface area contributed by atoms with Gasteiger partial charge in [-0.1, -0.05) is 69.0 Å². The van der Waals surface area contributed by atoms with Crippen molar-refractivity contribution in [1.82, 2.24) is 0 Å². The number of carbonyl (C=O) groups excluding carboxylic acids is 1. The average molecular weight is 326 g/mol. The lowest BCUT2D eigenvalue weighted by Crippen LogP contribution is -1.84. The molecule has 0 aliphatic heterocycles. The lowest BCUT2D eigenvalue weighted by Gasteiger charge is -1.95. The number of benzene rings is 1. The second kappa shape index (κ2) is 19.2. The highest BCUT2D eigenvalue weighted by Crippen LogP contribution is 2.06. The highest BCUT2D eigenvalue weighted by molar-refractivity contribution is 9.18. The van der Waals surface area contributed by atoms with E-state index in [0.717, 1.165) is 6.42 Å². The Morgan fingerprint density at radius 3 is 1.68 bits per heavy atom. The minimum Gasteiger partial charge on any atom is -0.287 e. The van der Waals surface area contributed by atoms with Crippen LogP contribution in [0.4, 0.5) is 0 Å². The van der Waals surface area contributed by atoms with E-state index in [-0.39, 0.29) is 4.69 Å². The quantitative estimate of drug-likeness (QED) is 0.512. The van der Waals surface area contributed by atoms with Crippen LogP contribution in [-0.4, -0.2) is 4.69 Å². The van der Waals surface area contributed by atoms with E-state index in [2.05, 4.69) is 22.9 Å². The topological polar surface area (TPSA) is 40.9 Å². The van der Waals surface area contributed by atoms with Crippen molar-refractivity contribution in [2.45, 2.75) is 52.4 Å². The van der Waals surface area contributed by atoms with Crippen LogP contribution in [0.3, 0.4) is 0 Å². The van der Waals surface area contributed by atoms with Crippen molar-refractivity contribution >= 4 is 20.6 Å². The normalized spacial score (nSPS) is 8.11. The zero-order valence-corrected chi connectivity index (χ0v) is 13.5. The number of unbranched alkanes of at least 4 members (excludes halogenated alkanes) is 4. The van der Waals surface area contributed by atoms with E-state index < -0.39 is 0 Å². The molecule has 0 N–H and O–H groups in total. The zero-order chi connectivity index (χ0) is 14.8. The predicted octanol–water partition coefficient (Wildman–Crippen LogP) is 5.48. The summed E-state index contributed by atoms with van der Waals surface area (Å²) < 4.78 is 0.143. The molecular formula is C16H24BrNO. The van der Waals surface area contributed by atoms with Crippen molar-refractivity contribution in [1.29, 1.82) is 5.26 Å². The number of hydrogen-bond acceptors (Lipinski definition) is 2. The maximum absolute atomic E-state index is 10.4. The highest BCUT2D eigenvalue weighted by Gasteiger charge is 1.93. The van der Waals surface area contributed by atoms with Gasteiger partial charge in [0.1, 0.15) is 0 Å².